The maximum absolute atomic E-state index is 5.45. The van der Waals surface area contributed by atoms with Crippen LogP contribution in [0.5, 0.6) is 11.5 Å². The molecule has 3 aromatic rings. The van der Waals surface area contributed by atoms with Crippen molar-refractivity contribution in [3.8, 4) is 11.5 Å². The number of rotatable bonds is 5. The maximum atomic E-state index is 5.45. The minimum atomic E-state index is 0.426. The van der Waals surface area contributed by atoms with Crippen molar-refractivity contribution in [3.63, 3.8) is 0 Å². The molecular formula is C23H23N3O2S. The molecular weight excluding hydrogens is 382 g/mol. The minimum absolute atomic E-state index is 0.426. The van der Waals surface area contributed by atoms with Crippen LogP contribution in [0.15, 0.2) is 64.0 Å². The van der Waals surface area contributed by atoms with Gasteiger partial charge in [-0.2, -0.15) is 5.10 Å². The van der Waals surface area contributed by atoms with Crippen molar-refractivity contribution in [1.29, 1.82) is 0 Å². The summed E-state index contributed by atoms with van der Waals surface area (Å²) in [4.78, 5) is 6.00. The van der Waals surface area contributed by atoms with Gasteiger partial charge in [0.05, 0.1) is 24.8 Å². The number of fused-ring (bicyclic) bond motifs is 1. The van der Waals surface area contributed by atoms with Crippen molar-refractivity contribution < 1.29 is 9.47 Å². The van der Waals surface area contributed by atoms with Crippen LogP contribution in [0.2, 0.25) is 0 Å². The lowest BCUT2D eigenvalue weighted by Crippen LogP contribution is -2.19. The number of benzene rings is 2. The summed E-state index contributed by atoms with van der Waals surface area (Å²) in [5.41, 5.74) is 8.12. The second kappa shape index (κ2) is 8.09. The lowest BCUT2D eigenvalue weighted by atomic mass is 9.97. The van der Waals surface area contributed by atoms with Gasteiger partial charge in [-0.25, -0.2) is 4.99 Å². The van der Waals surface area contributed by atoms with Gasteiger partial charge >= 0.3 is 0 Å². The number of nitrogens with zero attached hydrogens (tertiary/aromatic N) is 2. The van der Waals surface area contributed by atoms with Gasteiger partial charge in [0.1, 0.15) is 5.71 Å². The molecule has 0 unspecified atom stereocenters. The molecule has 0 bridgehead atoms. The number of amidine groups is 1. The summed E-state index contributed by atoms with van der Waals surface area (Å²) in [6.45, 7) is 4.38. The molecule has 2 aromatic carbocycles. The highest BCUT2D eigenvalue weighted by Crippen LogP contribution is 2.32. The van der Waals surface area contributed by atoms with E-state index in [2.05, 4.69) is 48.9 Å². The highest BCUT2D eigenvalue weighted by atomic mass is 32.1. The Kier molecular flexibility index (Phi) is 5.36. The molecule has 29 heavy (non-hydrogen) atoms. The van der Waals surface area contributed by atoms with Crippen LogP contribution < -0.4 is 14.9 Å². The molecule has 0 saturated carbocycles. The number of ether oxygens (including phenoxy) is 2. The van der Waals surface area contributed by atoms with Crippen LogP contribution >= 0.6 is 11.3 Å². The number of methoxy groups -OCH3 is 2. The van der Waals surface area contributed by atoms with Gasteiger partial charge in [-0.3, -0.25) is 5.43 Å². The quantitative estimate of drug-likeness (QED) is 0.625. The number of hydrazone groups is 1. The average Bonchev–Trinajstić information content (AvgIpc) is 3.20. The van der Waals surface area contributed by atoms with Crippen molar-refractivity contribution in [1.82, 2.24) is 5.43 Å². The molecule has 1 aliphatic rings. The van der Waals surface area contributed by atoms with Crippen LogP contribution in [-0.2, 0) is 0 Å². The Bertz CT molecular complexity index is 1090. The molecule has 0 spiro atoms. The molecule has 1 aromatic heterocycles. The summed E-state index contributed by atoms with van der Waals surface area (Å²) >= 11 is 1.67. The molecule has 0 fully saturated rings. The number of hydrogen-bond donors (Lipinski definition) is 1. The predicted octanol–water partition coefficient (Wildman–Crippen LogP) is 5.32. The molecule has 0 amide bonds. The minimum Gasteiger partial charge on any atom is -0.493 e. The Labute approximate surface area is 174 Å². The van der Waals surface area contributed by atoms with E-state index in [0.717, 1.165) is 27.4 Å². The van der Waals surface area contributed by atoms with E-state index in [1.54, 1.807) is 25.6 Å². The third-order valence-corrected chi connectivity index (χ3v) is 5.74. The van der Waals surface area contributed by atoms with E-state index in [0.29, 0.717) is 23.3 Å². The zero-order valence-corrected chi connectivity index (χ0v) is 17.7. The average molecular weight is 406 g/mol. The number of thiophene rings is 1. The molecule has 148 valence electrons. The van der Waals surface area contributed by atoms with Gasteiger partial charge in [0.15, 0.2) is 17.3 Å². The van der Waals surface area contributed by atoms with Crippen molar-refractivity contribution in [3.05, 3.63) is 75.5 Å². The molecule has 4 rings (SSSR count). The Morgan fingerprint density at radius 3 is 2.48 bits per heavy atom. The SMILES string of the molecule is COc1ccc(C2=Nc3ccc(C(C)C)cc3C(c3cccs3)=NN2)cc1OC. The van der Waals surface area contributed by atoms with E-state index < -0.39 is 0 Å². The molecule has 0 atom stereocenters. The number of aliphatic imine (C=N–C) groups is 1. The van der Waals surface area contributed by atoms with Gasteiger partial charge in [0.25, 0.3) is 0 Å². The molecule has 1 N–H and O–H groups in total. The molecule has 0 radical (unpaired) electrons. The molecule has 1 aliphatic heterocycles. The van der Waals surface area contributed by atoms with Crippen LogP contribution in [0.4, 0.5) is 5.69 Å². The zero-order chi connectivity index (χ0) is 20.4. The predicted molar refractivity (Wildman–Crippen MR) is 119 cm³/mol. The lowest BCUT2D eigenvalue weighted by Gasteiger charge is -2.11. The topological polar surface area (TPSA) is 55.2 Å². The van der Waals surface area contributed by atoms with Crippen LogP contribution in [0.25, 0.3) is 0 Å². The van der Waals surface area contributed by atoms with Crippen molar-refractivity contribution in [2.75, 3.05) is 14.2 Å². The Morgan fingerprint density at radius 1 is 0.966 bits per heavy atom. The zero-order valence-electron chi connectivity index (χ0n) is 16.9. The summed E-state index contributed by atoms with van der Waals surface area (Å²) in [7, 11) is 3.25. The largest absolute Gasteiger partial charge is 0.493 e. The highest BCUT2D eigenvalue weighted by molar-refractivity contribution is 7.12. The van der Waals surface area contributed by atoms with E-state index in [9.17, 15) is 0 Å². The van der Waals surface area contributed by atoms with Gasteiger partial charge in [-0.05, 0) is 53.3 Å². The Hall–Kier alpha value is -3.12. The monoisotopic (exact) mass is 405 g/mol. The van der Waals surface area contributed by atoms with Crippen molar-refractivity contribution >= 4 is 28.6 Å². The fourth-order valence-electron chi connectivity index (χ4n) is 3.23. The number of hydrogen-bond acceptors (Lipinski definition) is 6. The summed E-state index contributed by atoms with van der Waals surface area (Å²) in [5, 5.41) is 6.80. The first-order valence-electron chi connectivity index (χ1n) is 9.43. The first kappa shape index (κ1) is 19.2. The van der Waals surface area contributed by atoms with Gasteiger partial charge in [0, 0.05) is 11.1 Å². The fourth-order valence-corrected chi connectivity index (χ4v) is 3.96. The van der Waals surface area contributed by atoms with Gasteiger partial charge < -0.3 is 9.47 Å². The molecule has 2 heterocycles. The lowest BCUT2D eigenvalue weighted by molar-refractivity contribution is 0.355. The molecule has 0 saturated heterocycles. The van der Waals surface area contributed by atoms with E-state index in [1.807, 2.05) is 24.3 Å². The fraction of sp³-hybridized carbons (Fsp3) is 0.217. The normalized spacial score (nSPS) is 13.1. The van der Waals surface area contributed by atoms with Gasteiger partial charge in [0.2, 0.25) is 0 Å². The molecule has 6 heteroatoms. The van der Waals surface area contributed by atoms with Gasteiger partial charge in [-0.1, -0.05) is 26.0 Å². The van der Waals surface area contributed by atoms with E-state index in [4.69, 9.17) is 19.6 Å². The molecule has 5 nitrogen and oxygen atoms in total. The summed E-state index contributed by atoms with van der Waals surface area (Å²) < 4.78 is 10.8. The van der Waals surface area contributed by atoms with Crippen molar-refractivity contribution in [2.45, 2.75) is 19.8 Å². The van der Waals surface area contributed by atoms with Crippen LogP contribution in [0.3, 0.4) is 0 Å². The number of nitrogens with one attached hydrogen (secondary N) is 1. The second-order valence-electron chi connectivity index (χ2n) is 7.01. The summed E-state index contributed by atoms with van der Waals surface area (Å²) in [6.07, 6.45) is 0. The first-order valence-corrected chi connectivity index (χ1v) is 10.3. The standard InChI is InChI=1S/C23H23N3O2S/c1-14(2)15-7-9-18-17(12-15)22(21-6-5-11-29-21)25-26-23(24-18)16-8-10-19(27-3)20(13-16)28-4/h5-14H,1-4H3,(H,24,26). The second-order valence-corrected chi connectivity index (χ2v) is 7.96. The van der Waals surface area contributed by atoms with Crippen LogP contribution in [0.1, 0.15) is 41.3 Å². The van der Waals surface area contributed by atoms with Crippen LogP contribution in [0, 0.1) is 0 Å². The van der Waals surface area contributed by atoms with Crippen molar-refractivity contribution in [2.24, 2.45) is 10.1 Å². The van der Waals surface area contributed by atoms with E-state index >= 15 is 0 Å². The third kappa shape index (κ3) is 3.76. The third-order valence-electron chi connectivity index (χ3n) is 4.86. The first-order chi connectivity index (χ1) is 14.1. The molecule has 0 aliphatic carbocycles. The summed E-state index contributed by atoms with van der Waals surface area (Å²) in [5.74, 6) is 2.42. The smallest absolute Gasteiger partial charge is 0.161 e. The summed E-state index contributed by atoms with van der Waals surface area (Å²) in [6, 6.07) is 16.2. The Balaban J connectivity index is 1.85. The van der Waals surface area contributed by atoms with Gasteiger partial charge in [-0.15, -0.1) is 11.3 Å². The van der Waals surface area contributed by atoms with Crippen LogP contribution in [-0.4, -0.2) is 25.8 Å². The maximum Gasteiger partial charge on any atom is 0.161 e. The van der Waals surface area contributed by atoms with E-state index in [-0.39, 0.29) is 0 Å². The highest BCUT2D eigenvalue weighted by Gasteiger charge is 2.19. The van der Waals surface area contributed by atoms with E-state index in [1.165, 1.54) is 5.56 Å². The Morgan fingerprint density at radius 2 is 1.79 bits per heavy atom.